The van der Waals surface area contributed by atoms with Crippen molar-refractivity contribution in [2.45, 2.75) is 39.2 Å². The van der Waals surface area contributed by atoms with E-state index >= 15 is 0 Å². The Balaban J connectivity index is 2.20. The monoisotopic (exact) mass is 386 g/mol. The smallest absolute Gasteiger partial charge is 0.408 e. The highest BCUT2D eigenvalue weighted by molar-refractivity contribution is 6.01. The van der Waals surface area contributed by atoms with Gasteiger partial charge in [-0.3, -0.25) is 19.2 Å². The summed E-state index contributed by atoms with van der Waals surface area (Å²) in [7, 11) is 0. The third kappa shape index (κ3) is 8.65. The Morgan fingerprint density at radius 3 is 1.89 bits per heavy atom. The number of carbonyl (C=O) groups excluding carboxylic acids is 6. The van der Waals surface area contributed by atoms with E-state index < -0.39 is 60.9 Å². The Morgan fingerprint density at radius 2 is 1.37 bits per heavy atom. The maximum absolute atomic E-state index is 11.6. The number of ether oxygens (including phenoxy) is 1. The lowest BCUT2D eigenvalue weighted by Crippen LogP contribution is -2.44. The van der Waals surface area contributed by atoms with E-state index in [0.717, 1.165) is 0 Å². The highest BCUT2D eigenvalue weighted by Crippen LogP contribution is 2.11. The molecule has 0 aromatic heterocycles. The van der Waals surface area contributed by atoms with Crippen molar-refractivity contribution in [3.8, 4) is 0 Å². The van der Waals surface area contributed by atoms with Gasteiger partial charge < -0.3 is 25.5 Å². The minimum Gasteiger partial charge on any atom is -0.444 e. The minimum absolute atomic E-state index is 0.0398. The van der Waals surface area contributed by atoms with E-state index in [0.29, 0.717) is 5.06 Å². The number of carbonyl (C=O) groups is 6. The van der Waals surface area contributed by atoms with Crippen LogP contribution >= 0.6 is 0 Å². The van der Waals surface area contributed by atoms with Crippen LogP contribution in [0.1, 0.15) is 33.6 Å². The minimum atomic E-state index is -1.01. The molecule has 0 radical (unpaired) electrons. The molecule has 12 heteroatoms. The number of rotatable bonds is 7. The van der Waals surface area contributed by atoms with Crippen LogP contribution in [-0.4, -0.2) is 66.0 Å². The Hall–Kier alpha value is -3.18. The fourth-order valence-electron chi connectivity index (χ4n) is 1.73. The van der Waals surface area contributed by atoms with Gasteiger partial charge in [-0.1, -0.05) is 0 Å². The van der Waals surface area contributed by atoms with E-state index in [2.05, 4.69) is 20.8 Å². The zero-order valence-electron chi connectivity index (χ0n) is 15.2. The van der Waals surface area contributed by atoms with Crippen molar-refractivity contribution in [3.05, 3.63) is 0 Å². The van der Waals surface area contributed by atoms with Crippen LogP contribution in [0.15, 0.2) is 0 Å². The summed E-state index contributed by atoms with van der Waals surface area (Å²) in [5, 5.41) is 6.94. The van der Waals surface area contributed by atoms with Crippen LogP contribution in [-0.2, 0) is 33.5 Å². The Morgan fingerprint density at radius 1 is 0.889 bits per heavy atom. The van der Waals surface area contributed by atoms with Crippen molar-refractivity contribution < 1.29 is 38.3 Å². The zero-order valence-corrected chi connectivity index (χ0v) is 15.2. The second kappa shape index (κ2) is 9.50. The summed E-state index contributed by atoms with van der Waals surface area (Å²) < 4.78 is 4.94. The number of imide groups is 1. The summed E-state index contributed by atoms with van der Waals surface area (Å²) in [6, 6.07) is 0. The fraction of sp³-hybridized carbons (Fsp3) is 0.600. The van der Waals surface area contributed by atoms with Crippen molar-refractivity contribution in [1.82, 2.24) is 21.0 Å². The number of alkyl carbamates (subject to hydrolysis) is 1. The number of nitrogens with one attached hydrogen (secondary N) is 3. The highest BCUT2D eigenvalue weighted by Gasteiger charge is 2.32. The maximum Gasteiger partial charge on any atom is 0.408 e. The van der Waals surface area contributed by atoms with Gasteiger partial charge in [0.1, 0.15) is 18.7 Å². The van der Waals surface area contributed by atoms with Gasteiger partial charge in [-0.25, -0.2) is 9.59 Å². The molecule has 5 amide bonds. The molecule has 1 fully saturated rings. The maximum atomic E-state index is 11.6. The average molecular weight is 386 g/mol. The standard InChI is InChI=1S/C15H22N4O8/c1-15(2,3)26-14(25)18-7-10(21)16-6-9(20)17-8-13(24)27-19-11(22)4-5-12(19)23/h4-8H2,1-3H3,(H,16,21)(H,17,20)(H,18,25). The normalized spacial score (nSPS) is 13.8. The summed E-state index contributed by atoms with van der Waals surface area (Å²) >= 11 is 0. The molecule has 0 aromatic rings. The van der Waals surface area contributed by atoms with E-state index in [1.165, 1.54) is 0 Å². The number of hydroxylamine groups is 2. The van der Waals surface area contributed by atoms with Gasteiger partial charge >= 0.3 is 12.1 Å². The predicted octanol–water partition coefficient (Wildman–Crippen LogP) is -1.65. The summed E-state index contributed by atoms with van der Waals surface area (Å²) in [6.45, 7) is 3.54. The predicted molar refractivity (Wildman–Crippen MR) is 87.4 cm³/mol. The molecule has 27 heavy (non-hydrogen) atoms. The molecule has 0 aliphatic carbocycles. The zero-order chi connectivity index (χ0) is 20.6. The molecule has 3 N–H and O–H groups in total. The molecule has 0 bridgehead atoms. The van der Waals surface area contributed by atoms with Gasteiger partial charge in [-0.2, -0.15) is 0 Å². The van der Waals surface area contributed by atoms with Gasteiger partial charge in [0, 0.05) is 12.8 Å². The van der Waals surface area contributed by atoms with Crippen LogP contribution in [0.5, 0.6) is 0 Å². The molecule has 0 saturated carbocycles. The van der Waals surface area contributed by atoms with E-state index in [1.54, 1.807) is 20.8 Å². The molecule has 150 valence electrons. The number of amides is 5. The van der Waals surface area contributed by atoms with Crippen LogP contribution < -0.4 is 16.0 Å². The lowest BCUT2D eigenvalue weighted by atomic mass is 10.2. The molecule has 0 aromatic carbocycles. The summed E-state index contributed by atoms with van der Waals surface area (Å²) in [5.74, 6) is -3.64. The number of hydrogen-bond acceptors (Lipinski definition) is 8. The third-order valence-electron chi connectivity index (χ3n) is 2.87. The van der Waals surface area contributed by atoms with E-state index in [4.69, 9.17) is 4.74 Å². The lowest BCUT2D eigenvalue weighted by Gasteiger charge is -2.19. The van der Waals surface area contributed by atoms with E-state index in [9.17, 15) is 28.8 Å². The SMILES string of the molecule is CC(C)(C)OC(=O)NCC(=O)NCC(=O)NCC(=O)ON1C(=O)CCC1=O. The molecule has 0 atom stereocenters. The Bertz CT molecular complexity index is 624. The molecule has 0 spiro atoms. The van der Waals surface area contributed by atoms with Crippen LogP contribution in [0.2, 0.25) is 0 Å². The van der Waals surface area contributed by atoms with Gasteiger partial charge in [0.25, 0.3) is 11.8 Å². The van der Waals surface area contributed by atoms with Crippen LogP contribution in [0.25, 0.3) is 0 Å². The molecule has 0 unspecified atom stereocenters. The quantitative estimate of drug-likeness (QED) is 0.439. The molecule has 1 heterocycles. The van der Waals surface area contributed by atoms with Crippen LogP contribution in [0.4, 0.5) is 4.79 Å². The molecule has 1 saturated heterocycles. The van der Waals surface area contributed by atoms with Crippen molar-refractivity contribution in [2.75, 3.05) is 19.6 Å². The van der Waals surface area contributed by atoms with E-state index in [-0.39, 0.29) is 12.8 Å². The van der Waals surface area contributed by atoms with Crippen LogP contribution in [0.3, 0.4) is 0 Å². The molecule has 1 aliphatic heterocycles. The van der Waals surface area contributed by atoms with E-state index in [1.807, 2.05) is 0 Å². The second-order valence-corrected chi connectivity index (χ2v) is 6.45. The van der Waals surface area contributed by atoms with Gasteiger partial charge in [0.05, 0.1) is 6.54 Å². The molecular weight excluding hydrogens is 364 g/mol. The van der Waals surface area contributed by atoms with Gasteiger partial charge in [-0.05, 0) is 20.8 Å². The first-order chi connectivity index (χ1) is 12.5. The topological polar surface area (TPSA) is 160 Å². The van der Waals surface area contributed by atoms with Crippen molar-refractivity contribution >= 4 is 35.7 Å². The first-order valence-corrected chi connectivity index (χ1v) is 8.05. The second-order valence-electron chi connectivity index (χ2n) is 6.45. The first kappa shape index (κ1) is 21.9. The summed E-state index contributed by atoms with van der Waals surface area (Å²) in [4.78, 5) is 73.0. The van der Waals surface area contributed by atoms with Gasteiger partial charge in [-0.15, -0.1) is 5.06 Å². The van der Waals surface area contributed by atoms with Crippen molar-refractivity contribution in [1.29, 1.82) is 0 Å². The van der Waals surface area contributed by atoms with Crippen molar-refractivity contribution in [3.63, 3.8) is 0 Å². The highest BCUT2D eigenvalue weighted by atomic mass is 16.7. The lowest BCUT2D eigenvalue weighted by molar-refractivity contribution is -0.196. The van der Waals surface area contributed by atoms with Gasteiger partial charge in [0.15, 0.2) is 0 Å². The van der Waals surface area contributed by atoms with Gasteiger partial charge in [0.2, 0.25) is 11.8 Å². The molecular formula is C15H22N4O8. The summed E-state index contributed by atoms with van der Waals surface area (Å²) in [6.07, 6.45) is -0.861. The molecule has 1 rings (SSSR count). The Kier molecular flexibility index (Phi) is 7.69. The van der Waals surface area contributed by atoms with Crippen LogP contribution in [0, 0.1) is 0 Å². The third-order valence-corrected chi connectivity index (χ3v) is 2.87. The number of hydrogen-bond donors (Lipinski definition) is 3. The fourth-order valence-corrected chi connectivity index (χ4v) is 1.73. The number of nitrogens with zero attached hydrogens (tertiary/aromatic N) is 1. The Labute approximate surface area is 154 Å². The largest absolute Gasteiger partial charge is 0.444 e. The average Bonchev–Trinajstić information content (AvgIpc) is 2.86. The molecule has 12 nitrogen and oxygen atoms in total. The first-order valence-electron chi connectivity index (χ1n) is 8.05. The summed E-state index contributed by atoms with van der Waals surface area (Å²) in [5.41, 5.74) is -0.709. The van der Waals surface area contributed by atoms with Crippen molar-refractivity contribution in [2.24, 2.45) is 0 Å². The molecule has 1 aliphatic rings.